The minimum atomic E-state index is 0.620. The molecule has 4 rings (SSSR count). The number of nitrogens with zero attached hydrogens (tertiary/aromatic N) is 6. The van der Waals surface area contributed by atoms with Gasteiger partial charge in [-0.1, -0.05) is 47.4 Å². The van der Waals surface area contributed by atoms with Crippen LogP contribution in [0.15, 0.2) is 93.0 Å². The van der Waals surface area contributed by atoms with Crippen LogP contribution in [0.4, 0.5) is 16.5 Å². The van der Waals surface area contributed by atoms with Gasteiger partial charge < -0.3 is 0 Å². The van der Waals surface area contributed by atoms with E-state index in [9.17, 15) is 0 Å². The second kappa shape index (κ2) is 17.7. The van der Waals surface area contributed by atoms with Crippen molar-refractivity contribution in [3.8, 4) is 34.8 Å². The van der Waals surface area contributed by atoms with E-state index in [1.165, 1.54) is 22.5 Å². The lowest BCUT2D eigenvalue weighted by Gasteiger charge is -2.02. The predicted octanol–water partition coefficient (Wildman–Crippen LogP) is 8.79. The molecule has 0 bridgehead atoms. The molecule has 0 aliphatic carbocycles. The predicted molar refractivity (Wildman–Crippen MR) is 166 cm³/mol. The number of hydrogen-bond acceptors (Lipinski definition) is 7. The number of hydrogen-bond donors (Lipinski definition) is 0. The van der Waals surface area contributed by atoms with Crippen LogP contribution in [0.3, 0.4) is 0 Å². The summed E-state index contributed by atoms with van der Waals surface area (Å²) in [6.45, 7) is 9.38. The molecule has 0 radical (unpaired) electrons. The first-order valence-corrected chi connectivity index (χ1v) is 13.1. The van der Waals surface area contributed by atoms with Gasteiger partial charge in [0.1, 0.15) is 5.01 Å². The fourth-order valence-corrected chi connectivity index (χ4v) is 3.67. The molecule has 1 heterocycles. The normalized spacial score (nSPS) is 10.1. The summed E-state index contributed by atoms with van der Waals surface area (Å²) in [6, 6.07) is 24.3. The van der Waals surface area contributed by atoms with Crippen LogP contribution >= 0.6 is 11.3 Å². The van der Waals surface area contributed by atoms with Crippen molar-refractivity contribution in [2.24, 2.45) is 20.2 Å². The summed E-state index contributed by atoms with van der Waals surface area (Å²) >= 11 is 1.43. The molecule has 0 unspecified atom stereocenters. The van der Waals surface area contributed by atoms with Crippen molar-refractivity contribution in [1.29, 1.82) is 0 Å². The van der Waals surface area contributed by atoms with Gasteiger partial charge in [-0.3, -0.25) is 9.98 Å². The van der Waals surface area contributed by atoms with Crippen LogP contribution < -0.4 is 0 Å². The summed E-state index contributed by atoms with van der Waals surface area (Å²) in [4.78, 5) is 8.47. The molecule has 6 nitrogen and oxygen atoms in total. The zero-order valence-corrected chi connectivity index (χ0v) is 24.0. The standard InChI is InChI=1S/C16H16N2.C12H10.C4H6N4S/c1-3-17-15-9-5-13(6-10-15)14-7-11-16(12-8-14)18-4-2;1-3-5-11-7-9-12(6-4-2)10-8-11;1-3-6-8-4(9-3)7-5-2/h3-12H,1-2H3;7-10H,1-2H3;1-2H3. The molecule has 39 heavy (non-hydrogen) atoms. The number of aryl methyl sites for hydroxylation is 1. The number of azo groups is 1. The van der Waals surface area contributed by atoms with E-state index in [0.29, 0.717) is 5.13 Å². The molecular formula is C32H32N6S. The van der Waals surface area contributed by atoms with E-state index in [4.69, 9.17) is 0 Å². The molecule has 0 atom stereocenters. The van der Waals surface area contributed by atoms with E-state index in [-0.39, 0.29) is 0 Å². The number of aromatic nitrogens is 2. The van der Waals surface area contributed by atoms with Gasteiger partial charge in [0.15, 0.2) is 0 Å². The Labute approximate surface area is 235 Å². The van der Waals surface area contributed by atoms with Crippen molar-refractivity contribution in [2.75, 3.05) is 7.05 Å². The highest BCUT2D eigenvalue weighted by molar-refractivity contribution is 7.14. The maximum Gasteiger partial charge on any atom is 0.251 e. The van der Waals surface area contributed by atoms with Crippen LogP contribution in [-0.2, 0) is 0 Å². The van der Waals surface area contributed by atoms with Gasteiger partial charge >= 0.3 is 0 Å². The van der Waals surface area contributed by atoms with Gasteiger partial charge in [-0.15, -0.1) is 27.2 Å². The van der Waals surface area contributed by atoms with Crippen molar-refractivity contribution in [3.63, 3.8) is 0 Å². The van der Waals surface area contributed by atoms with Crippen LogP contribution in [0.5, 0.6) is 0 Å². The molecule has 0 spiro atoms. The third-order valence-corrected chi connectivity index (χ3v) is 5.47. The first kappa shape index (κ1) is 30.5. The van der Waals surface area contributed by atoms with Crippen molar-refractivity contribution in [3.05, 3.63) is 88.9 Å². The van der Waals surface area contributed by atoms with Gasteiger partial charge in [0.25, 0.3) is 5.13 Å². The smallest absolute Gasteiger partial charge is 0.251 e. The summed E-state index contributed by atoms with van der Waals surface area (Å²) in [5.74, 6) is 11.7. The lowest BCUT2D eigenvalue weighted by atomic mass is 10.1. The molecule has 196 valence electrons. The first-order chi connectivity index (χ1) is 19.0. The Kier molecular flexibility index (Phi) is 13.8. The molecule has 0 amide bonds. The molecule has 0 aliphatic heterocycles. The lowest BCUT2D eigenvalue weighted by Crippen LogP contribution is -1.76. The Morgan fingerprint density at radius 2 is 1.10 bits per heavy atom. The summed E-state index contributed by atoms with van der Waals surface area (Å²) in [5, 5.41) is 16.2. The highest BCUT2D eigenvalue weighted by Gasteiger charge is 1.98. The fraction of sp³-hybridized carbons (Fsp3) is 0.188. The fourth-order valence-electron chi connectivity index (χ4n) is 3.12. The summed E-state index contributed by atoms with van der Waals surface area (Å²) in [5.41, 5.74) is 6.43. The third-order valence-electron chi connectivity index (χ3n) is 4.75. The summed E-state index contributed by atoms with van der Waals surface area (Å²) < 4.78 is 0. The van der Waals surface area contributed by atoms with Crippen molar-refractivity contribution in [2.45, 2.75) is 34.6 Å². The molecule has 0 aliphatic rings. The van der Waals surface area contributed by atoms with E-state index in [1.54, 1.807) is 19.5 Å². The first-order valence-electron chi connectivity index (χ1n) is 12.3. The molecule has 1 aromatic heterocycles. The van der Waals surface area contributed by atoms with E-state index >= 15 is 0 Å². The van der Waals surface area contributed by atoms with E-state index in [1.807, 2.05) is 83.1 Å². The van der Waals surface area contributed by atoms with Gasteiger partial charge in [0, 0.05) is 30.6 Å². The quantitative estimate of drug-likeness (QED) is 0.150. The number of aliphatic imine (C=N–C) groups is 2. The third kappa shape index (κ3) is 11.5. The second-order valence-corrected chi connectivity index (χ2v) is 8.76. The molecule has 0 saturated carbocycles. The Morgan fingerprint density at radius 1 is 0.667 bits per heavy atom. The maximum absolute atomic E-state index is 4.24. The Bertz CT molecular complexity index is 1400. The van der Waals surface area contributed by atoms with Crippen molar-refractivity contribution in [1.82, 2.24) is 10.2 Å². The maximum atomic E-state index is 4.24. The van der Waals surface area contributed by atoms with Crippen molar-refractivity contribution < 1.29 is 0 Å². The average Bonchev–Trinajstić information content (AvgIpc) is 3.37. The minimum absolute atomic E-state index is 0.620. The Balaban J connectivity index is 0.000000220. The minimum Gasteiger partial charge on any atom is -0.262 e. The van der Waals surface area contributed by atoms with Crippen LogP contribution in [-0.4, -0.2) is 29.7 Å². The monoisotopic (exact) mass is 532 g/mol. The van der Waals surface area contributed by atoms with Gasteiger partial charge in [0.05, 0.1) is 11.4 Å². The summed E-state index contributed by atoms with van der Waals surface area (Å²) in [6.07, 6.45) is 3.60. The lowest BCUT2D eigenvalue weighted by molar-refractivity contribution is 1.02. The molecular weight excluding hydrogens is 500 g/mol. The summed E-state index contributed by atoms with van der Waals surface area (Å²) in [7, 11) is 1.61. The molecule has 3 aromatic carbocycles. The number of benzene rings is 3. The van der Waals surface area contributed by atoms with Crippen LogP contribution in [0.25, 0.3) is 11.1 Å². The van der Waals surface area contributed by atoms with Gasteiger partial charge in [-0.05, 0) is 94.3 Å². The Morgan fingerprint density at radius 3 is 1.41 bits per heavy atom. The van der Waals surface area contributed by atoms with Crippen molar-refractivity contribution >= 4 is 40.3 Å². The van der Waals surface area contributed by atoms with Crippen LogP contribution in [0.2, 0.25) is 0 Å². The number of rotatable bonds is 4. The zero-order chi connectivity index (χ0) is 28.3. The average molecular weight is 533 g/mol. The highest BCUT2D eigenvalue weighted by Crippen LogP contribution is 2.24. The Hall–Kier alpha value is -4.72. The van der Waals surface area contributed by atoms with E-state index in [0.717, 1.165) is 27.5 Å². The van der Waals surface area contributed by atoms with Crippen LogP contribution in [0, 0.1) is 30.6 Å². The topological polar surface area (TPSA) is 75.2 Å². The largest absolute Gasteiger partial charge is 0.262 e. The molecule has 7 heteroatoms. The second-order valence-electron chi connectivity index (χ2n) is 7.60. The molecule has 0 N–H and O–H groups in total. The van der Waals surface area contributed by atoms with E-state index in [2.05, 4.69) is 78.4 Å². The van der Waals surface area contributed by atoms with Crippen LogP contribution in [0.1, 0.15) is 43.8 Å². The molecule has 4 aromatic rings. The SMILES string of the molecule is CC#Cc1ccc(C#CC)cc1.CC=Nc1ccc(-c2ccc(N=CC)cc2)cc1.CN=Nc1nnc(C)s1. The zero-order valence-electron chi connectivity index (χ0n) is 23.2. The molecule has 0 saturated heterocycles. The van der Waals surface area contributed by atoms with Gasteiger partial charge in [0.2, 0.25) is 0 Å². The highest BCUT2D eigenvalue weighted by atomic mass is 32.1. The van der Waals surface area contributed by atoms with Gasteiger partial charge in [-0.2, -0.15) is 5.11 Å². The van der Waals surface area contributed by atoms with Gasteiger partial charge in [-0.25, -0.2) is 0 Å². The van der Waals surface area contributed by atoms with E-state index < -0.39 is 0 Å². The molecule has 0 fully saturated rings.